The number of nitrogens with one attached hydrogen (secondary N) is 2. The molecule has 3 heterocycles. The lowest BCUT2D eigenvalue weighted by Gasteiger charge is -2.44. The van der Waals surface area contributed by atoms with E-state index in [9.17, 15) is 9.59 Å². The fraction of sp³-hybridized carbons (Fsp3) is 0.545. The molecule has 0 radical (unpaired) electrons. The van der Waals surface area contributed by atoms with Crippen LogP contribution in [0, 0.1) is 0 Å². The third-order valence-electron chi connectivity index (χ3n) is 6.27. The highest BCUT2D eigenvalue weighted by Crippen LogP contribution is 2.36. The van der Waals surface area contributed by atoms with E-state index in [1.165, 1.54) is 0 Å². The van der Waals surface area contributed by atoms with E-state index in [1.54, 1.807) is 37.4 Å². The van der Waals surface area contributed by atoms with E-state index in [2.05, 4.69) is 20.5 Å². The average molecular weight is 444 g/mol. The number of likely N-dealkylation sites (tertiary alicyclic amines) is 1. The highest BCUT2D eigenvalue weighted by Gasteiger charge is 2.41. The number of amides is 2. The summed E-state index contributed by atoms with van der Waals surface area (Å²) in [4.78, 5) is 30.5. The maximum Gasteiger partial charge on any atom is 0.410 e. The van der Waals surface area contributed by atoms with Gasteiger partial charge in [-0.05, 0) is 31.7 Å². The largest absolute Gasteiger partial charge is 0.481 e. The Morgan fingerprint density at radius 2 is 2.12 bits per heavy atom. The van der Waals surface area contributed by atoms with Crippen molar-refractivity contribution in [3.8, 4) is 5.88 Å². The second-order valence-electron chi connectivity index (χ2n) is 8.33. The smallest absolute Gasteiger partial charge is 0.410 e. The first-order chi connectivity index (χ1) is 15.5. The van der Waals surface area contributed by atoms with Gasteiger partial charge in [0.1, 0.15) is 6.10 Å². The molecule has 2 aromatic rings. The minimum atomic E-state index is -0.276. The number of hydrogen-bond donors (Lipinski definition) is 2. The topological polar surface area (TPSA) is 119 Å². The van der Waals surface area contributed by atoms with Crippen molar-refractivity contribution in [1.29, 1.82) is 0 Å². The summed E-state index contributed by atoms with van der Waals surface area (Å²) in [6, 6.07) is 5.41. The number of aromatic nitrogens is 3. The second kappa shape index (κ2) is 9.56. The van der Waals surface area contributed by atoms with Crippen LogP contribution in [-0.4, -0.2) is 71.1 Å². The minimum absolute atomic E-state index is 0.0390. The predicted octanol–water partition coefficient (Wildman–Crippen LogP) is 2.49. The van der Waals surface area contributed by atoms with E-state index < -0.39 is 0 Å². The molecule has 0 unspecified atom stereocenters. The maximum absolute atomic E-state index is 12.4. The Morgan fingerprint density at radius 1 is 1.28 bits per heavy atom. The van der Waals surface area contributed by atoms with Crippen molar-refractivity contribution in [2.75, 3.05) is 26.1 Å². The third-order valence-corrected chi connectivity index (χ3v) is 6.27. The summed E-state index contributed by atoms with van der Waals surface area (Å²) in [6.07, 6.45) is 3.92. The number of pyridine rings is 1. The Bertz CT molecular complexity index is 946. The summed E-state index contributed by atoms with van der Waals surface area (Å²) in [5.74, 6) is 1.01. The van der Waals surface area contributed by atoms with Crippen LogP contribution in [0.15, 0.2) is 24.4 Å². The van der Waals surface area contributed by atoms with Crippen LogP contribution < -0.4 is 10.1 Å². The van der Waals surface area contributed by atoms with E-state index in [-0.39, 0.29) is 42.6 Å². The van der Waals surface area contributed by atoms with Crippen molar-refractivity contribution in [2.24, 2.45) is 0 Å². The molecule has 1 aliphatic heterocycles. The Balaban J connectivity index is 1.24. The first-order valence-electron chi connectivity index (χ1n) is 10.8. The predicted molar refractivity (Wildman–Crippen MR) is 116 cm³/mol. The van der Waals surface area contributed by atoms with Crippen LogP contribution in [0.4, 0.5) is 10.6 Å². The number of carbonyl (C=O) groups is 2. The normalized spacial score (nSPS) is 24.7. The van der Waals surface area contributed by atoms with Gasteiger partial charge in [0.15, 0.2) is 5.82 Å². The number of hydrogen-bond acceptors (Lipinski definition) is 7. The molecule has 2 aromatic heterocycles. The SMILES string of the molecule is COc1ccc(CC(=O)Nc2cc([C@H]3CC[C@@H](OC(=O)N4C[C@H](OC)[C@H]4C)C3)[nH]n2)cn1. The fourth-order valence-electron chi connectivity index (χ4n) is 4.25. The fourth-order valence-corrected chi connectivity index (χ4v) is 4.25. The van der Waals surface area contributed by atoms with Crippen molar-refractivity contribution in [3.63, 3.8) is 0 Å². The summed E-state index contributed by atoms with van der Waals surface area (Å²) in [6.45, 7) is 2.53. The first kappa shape index (κ1) is 22.1. The lowest BCUT2D eigenvalue weighted by molar-refractivity contribution is -0.115. The van der Waals surface area contributed by atoms with Gasteiger partial charge >= 0.3 is 6.09 Å². The molecule has 32 heavy (non-hydrogen) atoms. The van der Waals surface area contributed by atoms with E-state index in [0.29, 0.717) is 18.2 Å². The van der Waals surface area contributed by atoms with Crippen LogP contribution in [0.3, 0.4) is 0 Å². The molecule has 0 aromatic carbocycles. The summed E-state index contributed by atoms with van der Waals surface area (Å²) in [5, 5.41) is 10.0. The highest BCUT2D eigenvalue weighted by atomic mass is 16.6. The molecular weight excluding hydrogens is 414 g/mol. The number of H-pyrrole nitrogens is 1. The maximum atomic E-state index is 12.4. The number of ether oxygens (including phenoxy) is 3. The van der Waals surface area contributed by atoms with Gasteiger partial charge in [0.2, 0.25) is 11.8 Å². The van der Waals surface area contributed by atoms with Gasteiger partial charge in [0.05, 0.1) is 32.2 Å². The molecule has 4 rings (SSSR count). The monoisotopic (exact) mass is 443 g/mol. The molecule has 4 atom stereocenters. The van der Waals surface area contributed by atoms with Gasteiger partial charge in [-0.2, -0.15) is 5.10 Å². The molecule has 0 spiro atoms. The van der Waals surface area contributed by atoms with Crippen LogP contribution in [0.5, 0.6) is 5.88 Å². The second-order valence-corrected chi connectivity index (χ2v) is 8.33. The molecule has 10 heteroatoms. The molecule has 2 aliphatic rings. The molecule has 1 saturated heterocycles. The lowest BCUT2D eigenvalue weighted by Crippen LogP contribution is -2.61. The molecule has 2 amide bonds. The van der Waals surface area contributed by atoms with Gasteiger partial charge < -0.3 is 24.4 Å². The summed E-state index contributed by atoms with van der Waals surface area (Å²) >= 11 is 0. The quantitative estimate of drug-likeness (QED) is 0.675. The van der Waals surface area contributed by atoms with Crippen LogP contribution >= 0.6 is 0 Å². The van der Waals surface area contributed by atoms with Gasteiger partial charge in [-0.15, -0.1) is 0 Å². The molecule has 10 nitrogen and oxygen atoms in total. The van der Waals surface area contributed by atoms with Crippen molar-refractivity contribution in [3.05, 3.63) is 35.7 Å². The standard InChI is InChI=1S/C22H29N5O5/c1-13-18(30-2)12-27(13)22(29)32-16-6-5-15(9-16)17-10-19(26-25-17)24-20(28)8-14-4-7-21(31-3)23-11-14/h4,7,10-11,13,15-16,18H,5-6,8-9,12H2,1-3H3,(H2,24,25,26,28)/t13-,15+,16-,18+/m1/s1. The van der Waals surface area contributed by atoms with Crippen molar-refractivity contribution in [2.45, 2.75) is 56.8 Å². The van der Waals surface area contributed by atoms with Gasteiger partial charge in [-0.25, -0.2) is 9.78 Å². The Kier molecular flexibility index (Phi) is 6.59. The number of nitrogens with zero attached hydrogens (tertiary/aromatic N) is 3. The molecule has 1 aliphatic carbocycles. The zero-order valence-corrected chi connectivity index (χ0v) is 18.5. The Hall–Kier alpha value is -3.14. The number of methoxy groups -OCH3 is 2. The van der Waals surface area contributed by atoms with E-state index >= 15 is 0 Å². The first-order valence-corrected chi connectivity index (χ1v) is 10.8. The Morgan fingerprint density at radius 3 is 2.81 bits per heavy atom. The van der Waals surface area contributed by atoms with Crippen molar-refractivity contribution in [1.82, 2.24) is 20.1 Å². The summed E-state index contributed by atoms with van der Waals surface area (Å²) < 4.78 is 16.0. The Labute approximate surface area is 186 Å². The van der Waals surface area contributed by atoms with Crippen molar-refractivity contribution >= 4 is 17.8 Å². The number of anilines is 1. The van der Waals surface area contributed by atoms with E-state index in [1.807, 2.05) is 13.0 Å². The lowest BCUT2D eigenvalue weighted by atomic mass is 10.0. The van der Waals surface area contributed by atoms with E-state index in [0.717, 1.165) is 30.5 Å². The van der Waals surface area contributed by atoms with Gasteiger partial charge in [-0.1, -0.05) is 6.07 Å². The van der Waals surface area contributed by atoms with Crippen LogP contribution in [0.2, 0.25) is 0 Å². The zero-order chi connectivity index (χ0) is 22.7. The number of carbonyl (C=O) groups excluding carboxylic acids is 2. The average Bonchev–Trinajstić information content (AvgIpc) is 3.43. The molecular formula is C22H29N5O5. The minimum Gasteiger partial charge on any atom is -0.481 e. The molecule has 2 N–H and O–H groups in total. The molecule has 0 bridgehead atoms. The molecule has 1 saturated carbocycles. The summed E-state index contributed by atoms with van der Waals surface area (Å²) in [7, 11) is 3.20. The molecule has 172 valence electrons. The highest BCUT2D eigenvalue weighted by molar-refractivity contribution is 5.91. The van der Waals surface area contributed by atoms with Crippen LogP contribution in [0.1, 0.15) is 43.4 Å². The number of rotatable bonds is 7. The number of aromatic amines is 1. The van der Waals surface area contributed by atoms with Crippen molar-refractivity contribution < 1.29 is 23.8 Å². The molecule has 2 fully saturated rings. The van der Waals surface area contributed by atoms with Gasteiger partial charge in [0.25, 0.3) is 0 Å². The third kappa shape index (κ3) is 4.85. The van der Waals surface area contributed by atoms with Crippen LogP contribution in [0.25, 0.3) is 0 Å². The van der Waals surface area contributed by atoms with Gasteiger partial charge in [-0.3, -0.25) is 9.89 Å². The van der Waals surface area contributed by atoms with Crippen LogP contribution in [-0.2, 0) is 20.7 Å². The zero-order valence-electron chi connectivity index (χ0n) is 18.5. The van der Waals surface area contributed by atoms with E-state index in [4.69, 9.17) is 14.2 Å². The van der Waals surface area contributed by atoms with Gasteiger partial charge in [0, 0.05) is 37.1 Å². The summed E-state index contributed by atoms with van der Waals surface area (Å²) in [5.41, 5.74) is 1.72.